The Hall–Kier alpha value is -5.46. The van der Waals surface area contributed by atoms with Gasteiger partial charge in [-0.05, 0) is 143 Å². The minimum absolute atomic E-state index is 0.0705. The molecule has 2 heterocycles. The molecule has 0 spiro atoms. The van der Waals surface area contributed by atoms with E-state index in [1.54, 1.807) is 44.2 Å². The molecule has 11 nitrogen and oxygen atoms in total. The van der Waals surface area contributed by atoms with E-state index in [1.165, 1.54) is 29.1 Å². The van der Waals surface area contributed by atoms with Crippen molar-refractivity contribution in [3.05, 3.63) is 116 Å². The Morgan fingerprint density at radius 2 is 1.64 bits per heavy atom. The average Bonchev–Trinajstić information content (AvgIpc) is 3.69. The number of hydrogen-bond donors (Lipinski definition) is 2. The smallest absolute Gasteiger partial charge is 0.335 e. The van der Waals surface area contributed by atoms with E-state index in [4.69, 9.17) is 0 Å². The zero-order chi connectivity index (χ0) is 38.4. The topological polar surface area (TPSA) is 152 Å². The van der Waals surface area contributed by atoms with Crippen molar-refractivity contribution >= 4 is 16.1 Å². The predicted molar refractivity (Wildman–Crippen MR) is 191 cm³/mol. The third kappa shape index (κ3) is 7.29. The maximum Gasteiger partial charge on any atom is 0.416 e. The van der Waals surface area contributed by atoms with E-state index in [9.17, 15) is 41.0 Å². The van der Waals surface area contributed by atoms with Gasteiger partial charge in [0, 0.05) is 6.04 Å². The molecule has 0 atom stereocenters. The van der Waals surface area contributed by atoms with Crippen LogP contribution >= 0.6 is 0 Å². The average molecular weight is 747 g/mol. The highest BCUT2D eigenvalue weighted by Crippen LogP contribution is 2.34. The number of carbonyl (C=O) groups is 1. The molecular weight excluding hydrogens is 710 g/mol. The van der Waals surface area contributed by atoms with Gasteiger partial charge in [0.25, 0.3) is 10.1 Å². The number of aromatic nitrogens is 4. The summed E-state index contributed by atoms with van der Waals surface area (Å²) in [5.74, 6) is 0.169. The quantitative estimate of drug-likeness (QED) is 0.167. The second-order valence-electron chi connectivity index (χ2n) is 13.5. The summed E-state index contributed by atoms with van der Waals surface area (Å²) in [7, 11) is -4.40. The van der Waals surface area contributed by atoms with Crippen LogP contribution in [-0.2, 0) is 22.7 Å². The second kappa shape index (κ2) is 14.2. The van der Waals surface area contributed by atoms with E-state index < -0.39 is 33.6 Å². The van der Waals surface area contributed by atoms with Gasteiger partial charge in [-0.1, -0.05) is 6.07 Å². The van der Waals surface area contributed by atoms with Crippen molar-refractivity contribution in [1.29, 1.82) is 5.26 Å². The van der Waals surface area contributed by atoms with Crippen LogP contribution in [0.15, 0.2) is 76.6 Å². The molecule has 0 saturated heterocycles. The lowest BCUT2D eigenvalue weighted by atomic mass is 9.81. The fourth-order valence-electron chi connectivity index (χ4n) is 7.21. The Bertz CT molecular complexity index is 2430. The van der Waals surface area contributed by atoms with Crippen LogP contribution in [0, 0.1) is 44.9 Å². The molecule has 6 rings (SSSR count). The standard InChI is InChI=1S/C38H37F3N6O5S/c1-22-23(2)28(19-34(24(22)3)53(50,51)52)18-26-8-12-30(13-9-26)44-36(48)46-35(33-16-17-43-47(33)31-14-10-27(21-42)11-15-31)25(4)45(37(46)49)32-7-5-6-29(20-32)38(39,40)41/h5-7,10-11,14-17,19-20,26,30H,8-9,12-13,18H2,1-4H3,(H,44,48)(H,50,51,52). The molecule has 2 N–H and O–H groups in total. The molecule has 15 heteroatoms. The Balaban J connectivity index is 1.32. The molecule has 5 aromatic rings. The van der Waals surface area contributed by atoms with E-state index in [2.05, 4.69) is 10.4 Å². The number of benzene rings is 3. The lowest BCUT2D eigenvalue weighted by Gasteiger charge is -2.30. The molecule has 1 aliphatic carbocycles. The van der Waals surface area contributed by atoms with Gasteiger partial charge < -0.3 is 5.32 Å². The molecule has 1 aliphatic rings. The van der Waals surface area contributed by atoms with Gasteiger partial charge in [0.2, 0.25) is 0 Å². The molecule has 1 amide bonds. The first-order valence-corrected chi connectivity index (χ1v) is 18.4. The van der Waals surface area contributed by atoms with Crippen LogP contribution < -0.4 is 11.0 Å². The Morgan fingerprint density at radius 1 is 0.962 bits per heavy atom. The summed E-state index contributed by atoms with van der Waals surface area (Å²) in [5, 5.41) is 16.6. The van der Waals surface area contributed by atoms with Gasteiger partial charge in [0.1, 0.15) is 5.69 Å². The van der Waals surface area contributed by atoms with Crippen molar-refractivity contribution < 1.29 is 30.9 Å². The molecule has 0 bridgehead atoms. The molecule has 1 fully saturated rings. The molecule has 53 heavy (non-hydrogen) atoms. The van der Waals surface area contributed by atoms with Crippen LogP contribution in [0.25, 0.3) is 22.8 Å². The normalized spacial score (nSPS) is 16.4. The molecule has 0 unspecified atom stereocenters. The number of nitriles is 1. The molecule has 1 saturated carbocycles. The lowest BCUT2D eigenvalue weighted by Crippen LogP contribution is -2.44. The van der Waals surface area contributed by atoms with E-state index in [0.29, 0.717) is 54.6 Å². The predicted octanol–water partition coefficient (Wildman–Crippen LogP) is 7.22. The number of imidazole rings is 1. The lowest BCUT2D eigenvalue weighted by molar-refractivity contribution is -0.137. The van der Waals surface area contributed by atoms with Crippen LogP contribution in [0.1, 0.15) is 64.8 Å². The fraction of sp³-hybridized carbons (Fsp3) is 0.316. The maximum atomic E-state index is 14.2. The molecule has 0 aliphatic heterocycles. The monoisotopic (exact) mass is 746 g/mol. The summed E-state index contributed by atoms with van der Waals surface area (Å²) in [5.41, 5.74) is 2.78. The fourth-order valence-corrected chi connectivity index (χ4v) is 8.04. The zero-order valence-electron chi connectivity index (χ0n) is 29.4. The van der Waals surface area contributed by atoms with Crippen molar-refractivity contribution in [2.45, 2.75) is 76.9 Å². The van der Waals surface area contributed by atoms with Crippen molar-refractivity contribution in [3.8, 4) is 28.8 Å². The largest absolute Gasteiger partial charge is 0.416 e. The van der Waals surface area contributed by atoms with Crippen LogP contribution in [-0.4, -0.2) is 44.0 Å². The zero-order valence-corrected chi connectivity index (χ0v) is 30.2. The second-order valence-corrected chi connectivity index (χ2v) is 14.9. The first kappa shape index (κ1) is 37.3. The highest BCUT2D eigenvalue weighted by Gasteiger charge is 2.33. The van der Waals surface area contributed by atoms with Crippen LogP contribution in [0.2, 0.25) is 0 Å². The highest BCUT2D eigenvalue weighted by atomic mass is 32.2. The molecule has 0 radical (unpaired) electrons. The van der Waals surface area contributed by atoms with E-state index in [1.807, 2.05) is 19.9 Å². The van der Waals surface area contributed by atoms with E-state index in [0.717, 1.165) is 38.0 Å². The van der Waals surface area contributed by atoms with Crippen molar-refractivity contribution in [1.82, 2.24) is 24.2 Å². The van der Waals surface area contributed by atoms with Crippen molar-refractivity contribution in [2.75, 3.05) is 0 Å². The van der Waals surface area contributed by atoms with Crippen LogP contribution in [0.3, 0.4) is 0 Å². The van der Waals surface area contributed by atoms with Gasteiger partial charge in [-0.15, -0.1) is 0 Å². The van der Waals surface area contributed by atoms with Gasteiger partial charge in [-0.2, -0.15) is 31.9 Å². The van der Waals surface area contributed by atoms with Crippen molar-refractivity contribution in [2.24, 2.45) is 5.92 Å². The van der Waals surface area contributed by atoms with Gasteiger partial charge in [-0.3, -0.25) is 9.12 Å². The Labute approximate surface area is 304 Å². The van der Waals surface area contributed by atoms with E-state index >= 15 is 0 Å². The summed E-state index contributed by atoms with van der Waals surface area (Å²) < 4.78 is 78.5. The minimum Gasteiger partial charge on any atom is -0.335 e. The molecule has 276 valence electrons. The molecule has 2 aromatic heterocycles. The summed E-state index contributed by atoms with van der Waals surface area (Å²) >= 11 is 0. The number of carbonyl (C=O) groups excluding carboxylic acids is 1. The molecular formula is C38H37F3N6O5S. The Morgan fingerprint density at radius 3 is 2.26 bits per heavy atom. The number of hydrogen-bond acceptors (Lipinski definition) is 6. The van der Waals surface area contributed by atoms with Crippen LogP contribution in [0.5, 0.6) is 0 Å². The Kier molecular flexibility index (Phi) is 9.97. The van der Waals surface area contributed by atoms with Crippen LogP contribution in [0.4, 0.5) is 18.0 Å². The third-order valence-electron chi connectivity index (χ3n) is 10.3. The summed E-state index contributed by atoms with van der Waals surface area (Å²) in [6, 6.07) is 14.9. The highest BCUT2D eigenvalue weighted by molar-refractivity contribution is 7.85. The van der Waals surface area contributed by atoms with Gasteiger partial charge in [0.05, 0.1) is 51.1 Å². The minimum atomic E-state index is -4.67. The first-order valence-electron chi connectivity index (χ1n) is 16.9. The first-order chi connectivity index (χ1) is 25.0. The van der Waals surface area contributed by atoms with E-state index in [-0.39, 0.29) is 33.9 Å². The summed E-state index contributed by atoms with van der Waals surface area (Å²) in [4.78, 5) is 28.2. The number of amides is 1. The number of halogens is 3. The number of nitrogens with one attached hydrogen (secondary N) is 1. The van der Waals surface area contributed by atoms with Gasteiger partial charge in [0.15, 0.2) is 0 Å². The number of alkyl halides is 3. The van der Waals surface area contributed by atoms with Gasteiger partial charge in [-0.25, -0.2) is 18.8 Å². The maximum absolute atomic E-state index is 14.2. The molecule has 3 aromatic carbocycles. The third-order valence-corrected chi connectivity index (χ3v) is 11.3. The number of nitrogens with zero attached hydrogens (tertiary/aromatic N) is 5. The van der Waals surface area contributed by atoms with Crippen molar-refractivity contribution in [3.63, 3.8) is 0 Å². The van der Waals surface area contributed by atoms with Gasteiger partial charge >= 0.3 is 17.9 Å². The SMILES string of the molecule is Cc1c(CC2CCC(NC(=O)n3c(-c4ccnn4-c4ccc(C#N)cc4)c(C)n(-c4cccc(C(F)(F)F)c4)c3=O)CC2)cc(S(=O)(=O)O)c(C)c1C. The summed E-state index contributed by atoms with van der Waals surface area (Å²) in [6.07, 6.45) is -0.111. The number of rotatable bonds is 7. The summed E-state index contributed by atoms with van der Waals surface area (Å²) in [6.45, 7) is 6.96.